The van der Waals surface area contributed by atoms with Crippen molar-refractivity contribution in [3.63, 3.8) is 0 Å². The van der Waals surface area contributed by atoms with Crippen LogP contribution in [-0.2, 0) is 12.7 Å². The number of rotatable bonds is 6. The lowest BCUT2D eigenvalue weighted by Crippen LogP contribution is -2.10. The van der Waals surface area contributed by atoms with Crippen LogP contribution >= 0.6 is 0 Å². The lowest BCUT2D eigenvalue weighted by molar-refractivity contribution is -0.136. The van der Waals surface area contributed by atoms with E-state index in [4.69, 9.17) is 4.74 Å². The van der Waals surface area contributed by atoms with E-state index >= 15 is 0 Å². The van der Waals surface area contributed by atoms with Crippen molar-refractivity contribution in [3.05, 3.63) is 65.9 Å². The largest absolute Gasteiger partial charge is 0.497 e. The predicted octanol–water partition coefficient (Wildman–Crippen LogP) is 4.25. The Balaban J connectivity index is 1.71. The molecule has 2 N–H and O–H groups in total. The van der Waals surface area contributed by atoms with Crippen molar-refractivity contribution in [2.24, 2.45) is 0 Å². The van der Waals surface area contributed by atoms with E-state index in [9.17, 15) is 13.2 Å². The number of ether oxygens (including phenoxy) is 1. The van der Waals surface area contributed by atoms with E-state index in [1.165, 1.54) is 24.4 Å². The Bertz CT molecular complexity index is 900. The van der Waals surface area contributed by atoms with E-state index in [1.54, 1.807) is 7.11 Å². The van der Waals surface area contributed by atoms with Crippen molar-refractivity contribution in [1.29, 1.82) is 0 Å². The third kappa shape index (κ3) is 4.84. The molecule has 140 valence electrons. The topological polar surface area (TPSA) is 72.0 Å². The molecule has 1 aromatic heterocycles. The molecule has 0 aliphatic carbocycles. The van der Waals surface area contributed by atoms with E-state index in [2.05, 4.69) is 25.8 Å². The molecule has 27 heavy (non-hydrogen) atoms. The zero-order valence-corrected chi connectivity index (χ0v) is 14.3. The first-order valence-corrected chi connectivity index (χ1v) is 7.95. The van der Waals surface area contributed by atoms with Crippen molar-refractivity contribution in [3.8, 4) is 5.75 Å². The molecular weight excluding hydrogens is 359 g/mol. The monoisotopic (exact) mass is 375 g/mol. The zero-order chi connectivity index (χ0) is 19.3. The van der Waals surface area contributed by atoms with Crippen LogP contribution in [0.1, 0.15) is 11.1 Å². The maximum Gasteiger partial charge on any atom is 0.418 e. The second kappa shape index (κ2) is 7.90. The average molecular weight is 375 g/mol. The number of hydrogen-bond acceptors (Lipinski definition) is 6. The summed E-state index contributed by atoms with van der Waals surface area (Å²) in [5, 5.41) is 13.1. The third-order valence-corrected chi connectivity index (χ3v) is 3.67. The second-order valence-electron chi connectivity index (χ2n) is 5.54. The van der Waals surface area contributed by atoms with Crippen LogP contribution in [0.2, 0.25) is 0 Å². The molecule has 1 heterocycles. The van der Waals surface area contributed by atoms with Gasteiger partial charge < -0.3 is 15.4 Å². The van der Waals surface area contributed by atoms with Gasteiger partial charge in [-0.25, -0.2) is 0 Å². The van der Waals surface area contributed by atoms with E-state index in [-0.39, 0.29) is 11.6 Å². The lowest BCUT2D eigenvalue weighted by atomic mass is 10.1. The van der Waals surface area contributed by atoms with Crippen LogP contribution < -0.4 is 15.4 Å². The van der Waals surface area contributed by atoms with Crippen molar-refractivity contribution < 1.29 is 17.9 Å². The highest BCUT2D eigenvalue weighted by molar-refractivity contribution is 5.59. The quantitative estimate of drug-likeness (QED) is 0.671. The normalized spacial score (nSPS) is 11.1. The summed E-state index contributed by atoms with van der Waals surface area (Å²) < 4.78 is 44.3. The number of halogens is 3. The Hall–Kier alpha value is -3.36. The number of methoxy groups -OCH3 is 1. The van der Waals surface area contributed by atoms with Crippen molar-refractivity contribution >= 4 is 17.5 Å². The fourth-order valence-electron chi connectivity index (χ4n) is 2.34. The van der Waals surface area contributed by atoms with Gasteiger partial charge in [0.25, 0.3) is 0 Å². The molecule has 3 aromatic rings. The molecule has 0 atom stereocenters. The maximum absolute atomic E-state index is 13.1. The van der Waals surface area contributed by atoms with E-state index in [0.29, 0.717) is 12.4 Å². The summed E-state index contributed by atoms with van der Waals surface area (Å²) >= 11 is 0. The van der Waals surface area contributed by atoms with Gasteiger partial charge in [-0.05, 0) is 29.8 Å². The Morgan fingerprint density at radius 1 is 1.04 bits per heavy atom. The summed E-state index contributed by atoms with van der Waals surface area (Å²) in [7, 11) is 1.59. The van der Waals surface area contributed by atoms with Gasteiger partial charge in [0.1, 0.15) is 5.75 Å². The lowest BCUT2D eigenvalue weighted by Gasteiger charge is -2.13. The molecule has 3 rings (SSSR count). The predicted molar refractivity (Wildman–Crippen MR) is 94.9 cm³/mol. The molecule has 0 spiro atoms. The van der Waals surface area contributed by atoms with Crippen LogP contribution in [0.3, 0.4) is 0 Å². The van der Waals surface area contributed by atoms with Gasteiger partial charge in [0.15, 0.2) is 5.82 Å². The Morgan fingerprint density at radius 3 is 2.48 bits per heavy atom. The number of nitrogens with zero attached hydrogens (tertiary/aromatic N) is 3. The van der Waals surface area contributed by atoms with Crippen LogP contribution in [-0.4, -0.2) is 22.3 Å². The molecule has 9 heteroatoms. The summed E-state index contributed by atoms with van der Waals surface area (Å²) in [5.74, 6) is 1.09. The molecule has 0 aliphatic heterocycles. The minimum atomic E-state index is -4.48. The molecule has 0 fully saturated rings. The Kier molecular flexibility index (Phi) is 5.39. The van der Waals surface area contributed by atoms with Gasteiger partial charge in [-0.15, -0.1) is 5.10 Å². The van der Waals surface area contributed by atoms with Crippen LogP contribution in [0.5, 0.6) is 5.75 Å². The number of aromatic nitrogens is 3. The number of alkyl halides is 3. The first-order valence-electron chi connectivity index (χ1n) is 7.95. The van der Waals surface area contributed by atoms with Crippen molar-refractivity contribution in [1.82, 2.24) is 15.2 Å². The summed E-state index contributed by atoms with van der Waals surface area (Å²) in [4.78, 5) is 4.15. The van der Waals surface area contributed by atoms with Gasteiger partial charge in [-0.1, -0.05) is 24.3 Å². The van der Waals surface area contributed by atoms with Gasteiger partial charge in [-0.3, -0.25) is 0 Å². The average Bonchev–Trinajstić information content (AvgIpc) is 2.67. The van der Waals surface area contributed by atoms with Crippen LogP contribution in [0.25, 0.3) is 0 Å². The van der Waals surface area contributed by atoms with E-state index in [0.717, 1.165) is 17.4 Å². The molecular formula is C18H16F3N5O. The number of benzene rings is 2. The van der Waals surface area contributed by atoms with Crippen molar-refractivity contribution in [2.75, 3.05) is 17.7 Å². The van der Waals surface area contributed by atoms with Crippen molar-refractivity contribution in [2.45, 2.75) is 12.7 Å². The zero-order valence-electron chi connectivity index (χ0n) is 14.3. The van der Waals surface area contributed by atoms with Gasteiger partial charge in [0.05, 0.1) is 24.6 Å². The number of anilines is 3. The molecule has 0 saturated heterocycles. The molecule has 6 nitrogen and oxygen atoms in total. The standard InChI is InChI=1S/C18H16F3N5O/c1-27-13-8-6-12(7-9-13)10-22-16-11-23-26-17(25-16)24-15-5-3-2-4-14(15)18(19,20)21/h2-9,11H,10H2,1H3,(H2,22,24,25,26). The van der Waals surface area contributed by atoms with E-state index < -0.39 is 11.7 Å². The second-order valence-corrected chi connectivity index (χ2v) is 5.54. The molecule has 0 saturated carbocycles. The molecule has 0 aliphatic rings. The van der Waals surface area contributed by atoms with Crippen LogP contribution in [0.4, 0.5) is 30.6 Å². The molecule has 0 amide bonds. The summed E-state index contributed by atoms with van der Waals surface area (Å²) in [5.41, 5.74) is 0.0376. The number of para-hydroxylation sites is 1. The maximum atomic E-state index is 13.1. The van der Waals surface area contributed by atoms with Gasteiger partial charge in [0, 0.05) is 6.54 Å². The Morgan fingerprint density at radius 2 is 1.78 bits per heavy atom. The summed E-state index contributed by atoms with van der Waals surface area (Å²) in [6.45, 7) is 0.460. The minimum absolute atomic E-state index is 0.0357. The first kappa shape index (κ1) is 18.4. The van der Waals surface area contributed by atoms with Gasteiger partial charge in [0.2, 0.25) is 5.95 Å². The highest BCUT2D eigenvalue weighted by atomic mass is 19.4. The number of hydrogen-bond donors (Lipinski definition) is 2. The van der Waals surface area contributed by atoms with Gasteiger partial charge in [-0.2, -0.15) is 23.3 Å². The van der Waals surface area contributed by atoms with Gasteiger partial charge >= 0.3 is 6.18 Å². The minimum Gasteiger partial charge on any atom is -0.497 e. The molecule has 0 radical (unpaired) electrons. The SMILES string of the molecule is COc1ccc(CNc2cnnc(Nc3ccccc3C(F)(F)F)n2)cc1. The fourth-order valence-corrected chi connectivity index (χ4v) is 2.34. The Labute approximate surface area is 153 Å². The summed E-state index contributed by atoms with van der Waals surface area (Å²) in [6.07, 6.45) is -3.09. The first-order chi connectivity index (χ1) is 13.0. The highest BCUT2D eigenvalue weighted by Crippen LogP contribution is 2.35. The van der Waals surface area contributed by atoms with Crippen LogP contribution in [0, 0.1) is 0 Å². The summed E-state index contributed by atoms with van der Waals surface area (Å²) in [6, 6.07) is 12.5. The molecule has 0 unspecified atom stereocenters. The smallest absolute Gasteiger partial charge is 0.418 e. The number of nitrogens with one attached hydrogen (secondary N) is 2. The van der Waals surface area contributed by atoms with Crippen LogP contribution in [0.15, 0.2) is 54.7 Å². The molecule has 0 bridgehead atoms. The molecule has 2 aromatic carbocycles. The fraction of sp³-hybridized carbons (Fsp3) is 0.167. The van der Waals surface area contributed by atoms with E-state index in [1.807, 2.05) is 24.3 Å². The highest BCUT2D eigenvalue weighted by Gasteiger charge is 2.33. The third-order valence-electron chi connectivity index (χ3n) is 3.67.